The van der Waals surface area contributed by atoms with E-state index in [1.807, 2.05) is 0 Å². The van der Waals surface area contributed by atoms with E-state index in [1.54, 1.807) is 36.4 Å². The van der Waals surface area contributed by atoms with Gasteiger partial charge in [-0.05, 0) is 42.7 Å². The molecule has 1 aliphatic carbocycles. The average molecular weight is 339 g/mol. The van der Waals surface area contributed by atoms with E-state index in [2.05, 4.69) is 15.6 Å². The summed E-state index contributed by atoms with van der Waals surface area (Å²) in [5, 5.41) is 14.5. The van der Waals surface area contributed by atoms with Crippen LogP contribution in [0.3, 0.4) is 0 Å². The maximum Gasteiger partial charge on any atom is 0.319 e. The van der Waals surface area contributed by atoms with Crippen molar-refractivity contribution in [3.05, 3.63) is 59.9 Å². The minimum absolute atomic E-state index is 0.201. The van der Waals surface area contributed by atoms with Crippen molar-refractivity contribution in [3.8, 4) is 0 Å². The molecule has 0 atom stereocenters. The molecule has 1 aromatic heterocycles. The van der Waals surface area contributed by atoms with E-state index in [4.69, 9.17) is 5.11 Å². The normalized spacial score (nSPS) is 14.4. The van der Waals surface area contributed by atoms with Gasteiger partial charge in [0.1, 0.15) is 5.41 Å². The number of carbonyl (C=O) groups excluding carboxylic acids is 2. The van der Waals surface area contributed by atoms with Crippen LogP contribution in [0.1, 0.15) is 28.8 Å². The quantitative estimate of drug-likeness (QED) is 0.696. The number of carboxylic acid groups (broad SMARTS) is 1. The van der Waals surface area contributed by atoms with Gasteiger partial charge < -0.3 is 15.7 Å². The van der Waals surface area contributed by atoms with Gasteiger partial charge in [-0.1, -0.05) is 12.1 Å². The fraction of sp³-hybridized carbons (Fsp3) is 0.222. The van der Waals surface area contributed by atoms with Gasteiger partial charge in [0.05, 0.1) is 0 Å². The molecule has 0 spiro atoms. The Kier molecular flexibility index (Phi) is 4.47. The molecular weight excluding hydrogens is 322 g/mol. The summed E-state index contributed by atoms with van der Waals surface area (Å²) in [6.07, 6.45) is 3.82. The minimum Gasteiger partial charge on any atom is -0.480 e. The van der Waals surface area contributed by atoms with Crippen molar-refractivity contribution in [1.29, 1.82) is 0 Å². The monoisotopic (exact) mass is 339 g/mol. The number of pyridine rings is 1. The van der Waals surface area contributed by atoms with Crippen molar-refractivity contribution >= 4 is 23.5 Å². The van der Waals surface area contributed by atoms with Gasteiger partial charge in [0, 0.05) is 30.2 Å². The number of aliphatic carboxylic acids is 1. The lowest BCUT2D eigenvalue weighted by atomic mass is 10.1. The third kappa shape index (κ3) is 3.65. The average Bonchev–Trinajstić information content (AvgIpc) is 3.43. The molecule has 2 aromatic rings. The fourth-order valence-electron chi connectivity index (χ4n) is 2.48. The maximum absolute atomic E-state index is 12.1. The van der Waals surface area contributed by atoms with Gasteiger partial charge >= 0.3 is 5.97 Å². The molecule has 3 rings (SSSR count). The summed E-state index contributed by atoms with van der Waals surface area (Å²) in [6, 6.07) is 10.3. The van der Waals surface area contributed by atoms with E-state index in [0.29, 0.717) is 24.1 Å². The third-order valence-electron chi connectivity index (χ3n) is 4.17. The first-order chi connectivity index (χ1) is 12.0. The predicted octanol–water partition coefficient (Wildman–Crippen LogP) is 1.81. The standard InChI is InChI=1S/C18H17N3O4/c22-15(13-4-8-19-9-5-13)21-14-3-1-2-12(10-14)11-20-16(23)18(6-7-18)17(24)25/h1-5,8-10H,6-7,11H2,(H,20,23)(H,21,22)(H,24,25). The first kappa shape index (κ1) is 16.6. The minimum atomic E-state index is -1.26. The molecule has 7 nitrogen and oxygen atoms in total. The van der Waals surface area contributed by atoms with Crippen LogP contribution >= 0.6 is 0 Å². The summed E-state index contributed by atoms with van der Waals surface area (Å²) < 4.78 is 0. The highest BCUT2D eigenvalue weighted by molar-refractivity contribution is 6.05. The van der Waals surface area contributed by atoms with E-state index in [1.165, 1.54) is 12.4 Å². The number of carbonyl (C=O) groups is 3. The van der Waals surface area contributed by atoms with E-state index >= 15 is 0 Å². The van der Waals surface area contributed by atoms with Gasteiger partial charge in [-0.3, -0.25) is 19.4 Å². The Labute approximate surface area is 144 Å². The van der Waals surface area contributed by atoms with Gasteiger partial charge in [-0.15, -0.1) is 0 Å². The smallest absolute Gasteiger partial charge is 0.319 e. The summed E-state index contributed by atoms with van der Waals surface area (Å²) in [4.78, 5) is 39.2. The van der Waals surface area contributed by atoms with Gasteiger partial charge in [0.25, 0.3) is 5.91 Å². The lowest BCUT2D eigenvalue weighted by Crippen LogP contribution is -2.36. The number of hydrogen-bond acceptors (Lipinski definition) is 4. The molecule has 1 heterocycles. The number of amides is 2. The Morgan fingerprint density at radius 2 is 1.84 bits per heavy atom. The number of anilines is 1. The van der Waals surface area contributed by atoms with Crippen molar-refractivity contribution in [2.24, 2.45) is 5.41 Å². The third-order valence-corrected chi connectivity index (χ3v) is 4.17. The van der Waals surface area contributed by atoms with E-state index in [0.717, 1.165) is 5.56 Å². The molecule has 1 fully saturated rings. The summed E-state index contributed by atoms with van der Waals surface area (Å²) in [6.45, 7) is 0.201. The Bertz CT molecular complexity index is 816. The lowest BCUT2D eigenvalue weighted by Gasteiger charge is -2.12. The molecule has 1 aliphatic rings. The molecule has 25 heavy (non-hydrogen) atoms. The van der Waals surface area contributed by atoms with E-state index < -0.39 is 17.3 Å². The second-order valence-corrected chi connectivity index (χ2v) is 5.96. The molecule has 128 valence electrons. The van der Waals surface area contributed by atoms with Crippen LogP contribution < -0.4 is 10.6 Å². The number of rotatable bonds is 6. The number of carboxylic acids is 1. The van der Waals surface area contributed by atoms with Crippen LogP contribution in [-0.4, -0.2) is 27.9 Å². The number of hydrogen-bond donors (Lipinski definition) is 3. The van der Waals surface area contributed by atoms with Crippen molar-refractivity contribution in [2.75, 3.05) is 5.32 Å². The number of nitrogens with one attached hydrogen (secondary N) is 2. The van der Waals surface area contributed by atoms with E-state index in [-0.39, 0.29) is 12.5 Å². The molecule has 3 N–H and O–H groups in total. The molecule has 0 unspecified atom stereocenters. The number of nitrogens with zero attached hydrogens (tertiary/aromatic N) is 1. The zero-order chi connectivity index (χ0) is 17.9. The zero-order valence-electron chi connectivity index (χ0n) is 13.4. The first-order valence-corrected chi connectivity index (χ1v) is 7.83. The summed E-state index contributed by atoms with van der Waals surface area (Å²) in [5.41, 5.74) is 0.591. The van der Waals surface area contributed by atoms with Crippen LogP contribution in [0, 0.1) is 5.41 Å². The molecule has 0 radical (unpaired) electrons. The van der Waals surface area contributed by atoms with Crippen molar-refractivity contribution in [3.63, 3.8) is 0 Å². The number of benzene rings is 1. The highest BCUT2D eigenvalue weighted by Gasteiger charge is 2.56. The molecule has 0 aliphatic heterocycles. The maximum atomic E-state index is 12.1. The summed E-state index contributed by atoms with van der Waals surface area (Å²) in [5.74, 6) is -1.80. The molecule has 1 aromatic carbocycles. The van der Waals surface area contributed by atoms with Gasteiger partial charge in [0.15, 0.2) is 0 Å². The van der Waals surface area contributed by atoms with Crippen LogP contribution in [-0.2, 0) is 16.1 Å². The Morgan fingerprint density at radius 1 is 1.12 bits per heavy atom. The number of aromatic nitrogens is 1. The first-order valence-electron chi connectivity index (χ1n) is 7.83. The van der Waals surface area contributed by atoms with Crippen LogP contribution in [0.25, 0.3) is 0 Å². The topological polar surface area (TPSA) is 108 Å². The van der Waals surface area contributed by atoms with Crippen LogP contribution in [0.4, 0.5) is 5.69 Å². The molecule has 0 bridgehead atoms. The Balaban J connectivity index is 1.61. The lowest BCUT2D eigenvalue weighted by molar-refractivity contribution is -0.149. The molecule has 2 amide bonds. The second-order valence-electron chi connectivity index (χ2n) is 5.96. The molecule has 7 heteroatoms. The van der Waals surface area contributed by atoms with E-state index in [9.17, 15) is 14.4 Å². The van der Waals surface area contributed by atoms with Crippen LogP contribution in [0.2, 0.25) is 0 Å². The SMILES string of the molecule is O=C(Nc1cccc(CNC(=O)C2(C(=O)O)CC2)c1)c1ccncc1. The summed E-state index contributed by atoms with van der Waals surface area (Å²) >= 11 is 0. The van der Waals surface area contributed by atoms with Crippen molar-refractivity contribution in [1.82, 2.24) is 10.3 Å². The van der Waals surface area contributed by atoms with Crippen molar-refractivity contribution < 1.29 is 19.5 Å². The second kappa shape index (κ2) is 6.72. The summed E-state index contributed by atoms with van der Waals surface area (Å²) in [7, 11) is 0. The highest BCUT2D eigenvalue weighted by Crippen LogP contribution is 2.46. The molecule has 1 saturated carbocycles. The molecule has 0 saturated heterocycles. The van der Waals surface area contributed by atoms with Crippen molar-refractivity contribution in [2.45, 2.75) is 19.4 Å². The largest absolute Gasteiger partial charge is 0.480 e. The Hall–Kier alpha value is -3.22. The van der Waals surface area contributed by atoms with Gasteiger partial charge in [-0.25, -0.2) is 0 Å². The van der Waals surface area contributed by atoms with Crippen LogP contribution in [0.15, 0.2) is 48.8 Å². The van der Waals surface area contributed by atoms with Gasteiger partial charge in [-0.2, -0.15) is 0 Å². The Morgan fingerprint density at radius 3 is 2.48 bits per heavy atom. The zero-order valence-corrected chi connectivity index (χ0v) is 13.4. The fourth-order valence-corrected chi connectivity index (χ4v) is 2.48. The van der Waals surface area contributed by atoms with Gasteiger partial charge in [0.2, 0.25) is 5.91 Å². The van der Waals surface area contributed by atoms with Crippen LogP contribution in [0.5, 0.6) is 0 Å². The highest BCUT2D eigenvalue weighted by atomic mass is 16.4. The molecular formula is C18H17N3O4. The predicted molar refractivity (Wildman–Crippen MR) is 89.8 cm³/mol.